The number of anilines is 3. The van der Waals surface area contributed by atoms with Gasteiger partial charge in [-0.1, -0.05) is 12.1 Å². The molecule has 0 radical (unpaired) electrons. The minimum atomic E-state index is -0.0326. The summed E-state index contributed by atoms with van der Waals surface area (Å²) in [6.45, 7) is 4.39. The van der Waals surface area contributed by atoms with Crippen LogP contribution < -0.4 is 25.0 Å². The number of aromatic nitrogens is 2. The van der Waals surface area contributed by atoms with Crippen molar-refractivity contribution in [2.75, 3.05) is 42.3 Å². The Balaban J connectivity index is 1.10. The maximum atomic E-state index is 13.0. The molecule has 0 spiro atoms. The number of urea groups is 1. The highest BCUT2D eigenvalue weighted by Crippen LogP contribution is 2.32. The molecule has 4 heterocycles. The number of benzene rings is 2. The summed E-state index contributed by atoms with van der Waals surface area (Å²) in [5.74, 6) is 2.96. The van der Waals surface area contributed by atoms with E-state index < -0.39 is 0 Å². The minimum Gasteiger partial charge on any atom is -0.497 e. The molecule has 6 rings (SSSR count). The van der Waals surface area contributed by atoms with E-state index in [1.807, 2.05) is 47.4 Å². The largest absolute Gasteiger partial charge is 0.497 e. The summed E-state index contributed by atoms with van der Waals surface area (Å²) in [7, 11) is 1.66. The molecule has 9 nitrogen and oxygen atoms in total. The second kappa shape index (κ2) is 10.2. The molecular formula is C29H32N6O3. The Kier molecular flexibility index (Phi) is 6.49. The number of para-hydroxylation sites is 1. The van der Waals surface area contributed by atoms with Gasteiger partial charge in [0.05, 0.1) is 7.11 Å². The number of ether oxygens (including phenoxy) is 2. The summed E-state index contributed by atoms with van der Waals surface area (Å²) >= 11 is 0. The molecule has 0 bridgehead atoms. The lowest BCUT2D eigenvalue weighted by molar-refractivity contribution is 0.177. The van der Waals surface area contributed by atoms with Crippen LogP contribution in [-0.2, 0) is 6.42 Å². The highest BCUT2D eigenvalue weighted by atomic mass is 16.5. The Morgan fingerprint density at radius 2 is 1.84 bits per heavy atom. The maximum absolute atomic E-state index is 13.0. The second-order valence-corrected chi connectivity index (χ2v) is 9.94. The van der Waals surface area contributed by atoms with E-state index in [-0.39, 0.29) is 18.1 Å². The van der Waals surface area contributed by atoms with E-state index in [2.05, 4.69) is 44.6 Å². The molecule has 1 atom stereocenters. The number of amides is 2. The van der Waals surface area contributed by atoms with Gasteiger partial charge in [-0.3, -0.25) is 0 Å². The van der Waals surface area contributed by atoms with Crippen molar-refractivity contribution in [2.24, 2.45) is 0 Å². The van der Waals surface area contributed by atoms with E-state index in [9.17, 15) is 4.79 Å². The monoisotopic (exact) mass is 512 g/mol. The zero-order valence-electron chi connectivity index (χ0n) is 21.7. The fourth-order valence-electron chi connectivity index (χ4n) is 5.50. The molecule has 3 aliphatic heterocycles. The van der Waals surface area contributed by atoms with Gasteiger partial charge in [0, 0.05) is 54.7 Å². The van der Waals surface area contributed by atoms with Gasteiger partial charge in [0.2, 0.25) is 5.88 Å². The molecule has 0 saturated carbocycles. The standard InChI is InChI=1S/C29H32N6O3/c1-19-15-26(23-5-3-4-6-25(23)32-19)38-28-17-27(30-18-31-28)34-12-10-21(11-13-34)35-14-9-20-16-22(37-2)7-8-24(20)33-29(35)36/h3-8,15-19,21,32H,9-14H2,1-2H3,(H,33,36). The lowest BCUT2D eigenvalue weighted by Gasteiger charge is -2.38. The Morgan fingerprint density at radius 1 is 1.00 bits per heavy atom. The van der Waals surface area contributed by atoms with Crippen molar-refractivity contribution in [1.29, 1.82) is 0 Å². The maximum Gasteiger partial charge on any atom is 0.322 e. The summed E-state index contributed by atoms with van der Waals surface area (Å²) in [6.07, 6.45) is 6.16. The Bertz CT molecular complexity index is 1370. The van der Waals surface area contributed by atoms with Gasteiger partial charge < -0.3 is 29.9 Å². The van der Waals surface area contributed by atoms with E-state index >= 15 is 0 Å². The molecule has 3 aliphatic rings. The molecule has 2 N–H and O–H groups in total. The first-order chi connectivity index (χ1) is 18.6. The molecule has 0 aliphatic carbocycles. The van der Waals surface area contributed by atoms with Gasteiger partial charge >= 0.3 is 6.03 Å². The fourth-order valence-corrected chi connectivity index (χ4v) is 5.50. The molecule has 9 heteroatoms. The van der Waals surface area contributed by atoms with E-state index in [0.717, 1.165) is 72.2 Å². The van der Waals surface area contributed by atoms with E-state index in [1.165, 1.54) is 0 Å². The van der Waals surface area contributed by atoms with Crippen molar-refractivity contribution < 1.29 is 14.3 Å². The van der Waals surface area contributed by atoms with Crippen LogP contribution in [0.15, 0.2) is 60.9 Å². The van der Waals surface area contributed by atoms with Crippen LogP contribution in [0.1, 0.15) is 30.9 Å². The number of nitrogens with zero attached hydrogens (tertiary/aromatic N) is 4. The summed E-state index contributed by atoms with van der Waals surface area (Å²) < 4.78 is 11.6. The van der Waals surface area contributed by atoms with Crippen molar-refractivity contribution in [3.8, 4) is 11.6 Å². The van der Waals surface area contributed by atoms with Crippen molar-refractivity contribution >= 4 is 29.0 Å². The topological polar surface area (TPSA) is 91.8 Å². The average Bonchev–Trinajstić information content (AvgIpc) is 3.10. The predicted molar refractivity (Wildman–Crippen MR) is 148 cm³/mol. The van der Waals surface area contributed by atoms with E-state index in [4.69, 9.17) is 9.47 Å². The van der Waals surface area contributed by atoms with E-state index in [1.54, 1.807) is 13.4 Å². The van der Waals surface area contributed by atoms with Crippen molar-refractivity contribution in [2.45, 2.75) is 38.3 Å². The van der Waals surface area contributed by atoms with Crippen LogP contribution in [0.2, 0.25) is 0 Å². The normalized spacial score (nSPS) is 19.4. The molecule has 1 aromatic heterocycles. The molecule has 1 fully saturated rings. The van der Waals surface area contributed by atoms with Crippen LogP contribution in [0.25, 0.3) is 5.76 Å². The number of piperidine rings is 1. The summed E-state index contributed by atoms with van der Waals surface area (Å²) in [4.78, 5) is 26.2. The number of hydrogen-bond acceptors (Lipinski definition) is 7. The molecule has 196 valence electrons. The number of nitrogens with one attached hydrogen (secondary N) is 2. The minimum absolute atomic E-state index is 0.0326. The third-order valence-corrected chi connectivity index (χ3v) is 7.49. The molecule has 2 aromatic carbocycles. The van der Waals surface area contributed by atoms with Crippen LogP contribution in [0.4, 0.5) is 22.0 Å². The first kappa shape index (κ1) is 24.1. The lowest BCUT2D eigenvalue weighted by atomic mass is 10.0. The van der Waals surface area contributed by atoms with Gasteiger partial charge in [0.25, 0.3) is 0 Å². The Labute approximate surface area is 222 Å². The molecule has 1 unspecified atom stereocenters. The van der Waals surface area contributed by atoms with Gasteiger partial charge in [0.1, 0.15) is 23.7 Å². The zero-order valence-corrected chi connectivity index (χ0v) is 21.7. The summed E-state index contributed by atoms with van der Waals surface area (Å²) in [5.41, 5.74) is 4.04. The number of hydrogen-bond donors (Lipinski definition) is 2. The highest BCUT2D eigenvalue weighted by Gasteiger charge is 2.31. The summed E-state index contributed by atoms with van der Waals surface area (Å²) in [6, 6.07) is 16.1. The Hall–Kier alpha value is -4.27. The molecule has 2 amide bonds. The zero-order chi connectivity index (χ0) is 26.1. The van der Waals surface area contributed by atoms with E-state index in [0.29, 0.717) is 12.4 Å². The smallest absolute Gasteiger partial charge is 0.322 e. The number of fused-ring (bicyclic) bond motifs is 2. The number of carbonyl (C=O) groups is 1. The van der Waals surface area contributed by atoms with Crippen LogP contribution in [0, 0.1) is 0 Å². The average molecular weight is 513 g/mol. The third kappa shape index (κ3) is 4.83. The number of carbonyl (C=O) groups excluding carboxylic acids is 1. The van der Waals surface area contributed by atoms with Crippen LogP contribution in [-0.4, -0.2) is 59.7 Å². The molecule has 38 heavy (non-hydrogen) atoms. The second-order valence-electron chi connectivity index (χ2n) is 9.94. The fraction of sp³-hybridized carbons (Fsp3) is 0.345. The van der Waals surface area contributed by atoms with Crippen LogP contribution in [0.3, 0.4) is 0 Å². The van der Waals surface area contributed by atoms with Crippen molar-refractivity contribution in [3.05, 3.63) is 72.1 Å². The Morgan fingerprint density at radius 3 is 2.68 bits per heavy atom. The number of methoxy groups -OCH3 is 1. The lowest BCUT2D eigenvalue weighted by Crippen LogP contribution is -2.49. The van der Waals surface area contributed by atoms with Gasteiger partial charge in [0.15, 0.2) is 0 Å². The van der Waals surface area contributed by atoms with Crippen molar-refractivity contribution in [1.82, 2.24) is 14.9 Å². The van der Waals surface area contributed by atoms with Crippen molar-refractivity contribution in [3.63, 3.8) is 0 Å². The molecule has 3 aromatic rings. The summed E-state index contributed by atoms with van der Waals surface area (Å²) in [5, 5.41) is 6.54. The first-order valence-corrected chi connectivity index (χ1v) is 13.1. The van der Waals surface area contributed by atoms with Crippen LogP contribution >= 0.6 is 0 Å². The molecule has 1 saturated heterocycles. The van der Waals surface area contributed by atoms with Gasteiger partial charge in [-0.15, -0.1) is 0 Å². The predicted octanol–water partition coefficient (Wildman–Crippen LogP) is 4.78. The van der Waals surface area contributed by atoms with Crippen LogP contribution in [0.5, 0.6) is 11.6 Å². The quantitative estimate of drug-likeness (QED) is 0.508. The van der Waals surface area contributed by atoms with Gasteiger partial charge in [-0.2, -0.15) is 0 Å². The third-order valence-electron chi connectivity index (χ3n) is 7.49. The SMILES string of the molecule is COc1ccc2c(c1)CCN(C1CCN(c3cc(OC4=CC(C)Nc5ccccc54)ncn3)CC1)C(=O)N2. The first-order valence-electron chi connectivity index (χ1n) is 13.1. The number of rotatable bonds is 5. The van der Waals surface area contributed by atoms with Gasteiger partial charge in [-0.25, -0.2) is 14.8 Å². The highest BCUT2D eigenvalue weighted by molar-refractivity contribution is 5.91. The molecular weight excluding hydrogens is 480 g/mol. The van der Waals surface area contributed by atoms with Gasteiger partial charge in [-0.05, 0) is 68.2 Å².